The van der Waals surface area contributed by atoms with E-state index in [1.54, 1.807) is 0 Å². The van der Waals surface area contributed by atoms with Crippen molar-refractivity contribution in [3.8, 4) is 0 Å². The molecule has 110 valence electrons. The van der Waals surface area contributed by atoms with Crippen molar-refractivity contribution in [3.63, 3.8) is 0 Å². The minimum Gasteiger partial charge on any atom is -0.395 e. The lowest BCUT2D eigenvalue weighted by molar-refractivity contribution is -0.402. The van der Waals surface area contributed by atoms with Gasteiger partial charge in [-0.3, -0.25) is 14.9 Å². The molecular formula is C13H19N3O4. The number of amides is 1. The van der Waals surface area contributed by atoms with Gasteiger partial charge in [-0.2, -0.15) is 0 Å². The summed E-state index contributed by atoms with van der Waals surface area (Å²) >= 11 is 0. The van der Waals surface area contributed by atoms with Gasteiger partial charge in [-0.25, -0.2) is 0 Å². The van der Waals surface area contributed by atoms with E-state index < -0.39 is 16.7 Å². The highest BCUT2D eigenvalue weighted by Crippen LogP contribution is 2.29. The van der Waals surface area contributed by atoms with Crippen LogP contribution in [0.4, 0.5) is 5.88 Å². The van der Waals surface area contributed by atoms with Gasteiger partial charge in [-0.1, -0.05) is 13.8 Å². The van der Waals surface area contributed by atoms with Crippen molar-refractivity contribution in [1.29, 1.82) is 0 Å². The summed E-state index contributed by atoms with van der Waals surface area (Å²) in [4.78, 5) is 21.7. The molecule has 1 aliphatic heterocycles. The van der Waals surface area contributed by atoms with E-state index in [1.165, 1.54) is 12.1 Å². The minimum atomic E-state index is -0.664. The maximum atomic E-state index is 11.9. The number of hydrogen-bond acceptors (Lipinski definition) is 5. The van der Waals surface area contributed by atoms with E-state index in [-0.39, 0.29) is 17.2 Å². The Hall–Kier alpha value is -1.89. The number of furan rings is 1. The predicted octanol–water partition coefficient (Wildman–Crippen LogP) is 1.70. The first-order valence-corrected chi connectivity index (χ1v) is 6.66. The predicted molar refractivity (Wildman–Crippen MR) is 72.5 cm³/mol. The van der Waals surface area contributed by atoms with Crippen LogP contribution in [0, 0.1) is 15.5 Å². The first-order chi connectivity index (χ1) is 9.40. The van der Waals surface area contributed by atoms with Crippen LogP contribution in [0.25, 0.3) is 0 Å². The van der Waals surface area contributed by atoms with Crippen LogP contribution >= 0.6 is 0 Å². The normalized spacial score (nSPS) is 21.4. The Morgan fingerprint density at radius 1 is 1.60 bits per heavy atom. The molecule has 1 aromatic rings. The lowest BCUT2D eigenvalue weighted by Crippen LogP contribution is -2.52. The molecule has 0 saturated carbocycles. The molecule has 0 spiro atoms. The van der Waals surface area contributed by atoms with Crippen molar-refractivity contribution in [2.24, 2.45) is 5.41 Å². The molecule has 1 aliphatic rings. The van der Waals surface area contributed by atoms with Crippen LogP contribution in [0.2, 0.25) is 0 Å². The van der Waals surface area contributed by atoms with Gasteiger partial charge in [0.1, 0.15) is 4.92 Å². The number of nitrogens with one attached hydrogen (secondary N) is 2. The Labute approximate surface area is 116 Å². The van der Waals surface area contributed by atoms with Crippen molar-refractivity contribution < 1.29 is 14.1 Å². The average Bonchev–Trinajstić information content (AvgIpc) is 2.86. The van der Waals surface area contributed by atoms with Crippen molar-refractivity contribution in [3.05, 3.63) is 28.0 Å². The van der Waals surface area contributed by atoms with Gasteiger partial charge in [0.15, 0.2) is 5.76 Å². The van der Waals surface area contributed by atoms with Crippen LogP contribution in [0.5, 0.6) is 0 Å². The highest BCUT2D eigenvalue weighted by molar-refractivity contribution is 5.91. The van der Waals surface area contributed by atoms with Crippen molar-refractivity contribution >= 4 is 11.8 Å². The zero-order valence-corrected chi connectivity index (χ0v) is 11.6. The van der Waals surface area contributed by atoms with E-state index in [0.717, 1.165) is 19.4 Å². The zero-order valence-electron chi connectivity index (χ0n) is 11.6. The van der Waals surface area contributed by atoms with Gasteiger partial charge >= 0.3 is 5.88 Å². The molecule has 0 bridgehead atoms. The fraction of sp³-hybridized carbons (Fsp3) is 0.615. The second kappa shape index (κ2) is 5.62. The number of rotatable bonds is 4. The minimum absolute atomic E-state index is 0.0367. The van der Waals surface area contributed by atoms with Crippen molar-refractivity contribution in [1.82, 2.24) is 10.6 Å². The molecule has 0 aromatic carbocycles. The number of nitro groups is 1. The van der Waals surface area contributed by atoms with Gasteiger partial charge in [-0.05, 0) is 30.9 Å². The van der Waals surface area contributed by atoms with Crippen LogP contribution in [-0.2, 0) is 0 Å². The molecule has 20 heavy (non-hydrogen) atoms. The largest absolute Gasteiger partial charge is 0.433 e. The van der Waals surface area contributed by atoms with E-state index in [2.05, 4.69) is 24.5 Å². The highest BCUT2D eigenvalue weighted by Gasteiger charge is 2.32. The summed E-state index contributed by atoms with van der Waals surface area (Å²) in [5.74, 6) is -0.891. The van der Waals surface area contributed by atoms with Gasteiger partial charge in [0, 0.05) is 12.6 Å². The number of carbonyl (C=O) groups excluding carboxylic acids is 1. The zero-order chi connectivity index (χ0) is 14.8. The summed E-state index contributed by atoms with van der Waals surface area (Å²) in [6.07, 6.45) is 2.23. The molecule has 1 fully saturated rings. The smallest absolute Gasteiger partial charge is 0.395 e. The Kier molecular flexibility index (Phi) is 4.08. The maximum absolute atomic E-state index is 11.9. The number of hydrogen-bond donors (Lipinski definition) is 2. The fourth-order valence-corrected chi connectivity index (χ4v) is 2.45. The number of carbonyl (C=O) groups is 1. The molecule has 7 nitrogen and oxygen atoms in total. The lowest BCUT2D eigenvalue weighted by atomic mass is 9.77. The van der Waals surface area contributed by atoms with Crippen molar-refractivity contribution in [2.75, 3.05) is 13.1 Å². The average molecular weight is 281 g/mol. The van der Waals surface area contributed by atoms with E-state index in [4.69, 9.17) is 4.42 Å². The Morgan fingerprint density at radius 3 is 2.95 bits per heavy atom. The molecule has 1 aromatic heterocycles. The molecule has 2 rings (SSSR count). The quantitative estimate of drug-likeness (QED) is 0.646. The topological polar surface area (TPSA) is 97.4 Å². The molecule has 1 saturated heterocycles. The van der Waals surface area contributed by atoms with Crippen LogP contribution in [0.1, 0.15) is 37.2 Å². The van der Waals surface area contributed by atoms with E-state index in [9.17, 15) is 14.9 Å². The Balaban J connectivity index is 1.92. The van der Waals surface area contributed by atoms with Gasteiger partial charge < -0.3 is 15.1 Å². The SMILES string of the molecule is CC1(C)CCCNC1CNC(=O)c1ccc([N+](=O)[O-])o1. The van der Waals surface area contributed by atoms with E-state index in [1.807, 2.05) is 0 Å². The second-order valence-corrected chi connectivity index (χ2v) is 5.70. The maximum Gasteiger partial charge on any atom is 0.433 e. The van der Waals surface area contributed by atoms with E-state index in [0.29, 0.717) is 6.54 Å². The first-order valence-electron chi connectivity index (χ1n) is 6.66. The molecule has 2 heterocycles. The summed E-state index contributed by atoms with van der Waals surface area (Å²) in [6.45, 7) is 5.73. The molecule has 1 unspecified atom stereocenters. The van der Waals surface area contributed by atoms with Crippen molar-refractivity contribution in [2.45, 2.75) is 32.7 Å². The molecule has 0 radical (unpaired) electrons. The molecule has 2 N–H and O–H groups in total. The summed E-state index contributed by atoms with van der Waals surface area (Å²) < 4.78 is 4.87. The first kappa shape index (κ1) is 14.5. The standard InChI is InChI=1S/C13H19N3O4/c1-13(2)6-3-7-14-10(13)8-15-12(17)9-4-5-11(20-9)16(18)19/h4-5,10,14H,3,6-8H2,1-2H3,(H,15,17). The monoisotopic (exact) mass is 281 g/mol. The van der Waals surface area contributed by atoms with Crippen LogP contribution in [-0.4, -0.2) is 30.0 Å². The van der Waals surface area contributed by atoms with Gasteiger partial charge in [0.05, 0.1) is 6.07 Å². The molecule has 7 heteroatoms. The highest BCUT2D eigenvalue weighted by atomic mass is 16.6. The van der Waals surface area contributed by atoms with Crippen LogP contribution in [0.15, 0.2) is 16.5 Å². The molecular weight excluding hydrogens is 262 g/mol. The third kappa shape index (κ3) is 3.16. The third-order valence-electron chi connectivity index (χ3n) is 3.79. The Morgan fingerprint density at radius 2 is 2.35 bits per heavy atom. The summed E-state index contributed by atoms with van der Waals surface area (Å²) in [5, 5.41) is 16.6. The molecule has 1 atom stereocenters. The second-order valence-electron chi connectivity index (χ2n) is 5.70. The van der Waals surface area contributed by atoms with Gasteiger partial charge in [0.25, 0.3) is 5.91 Å². The third-order valence-corrected chi connectivity index (χ3v) is 3.79. The summed E-state index contributed by atoms with van der Waals surface area (Å²) in [7, 11) is 0. The lowest BCUT2D eigenvalue weighted by Gasteiger charge is -2.39. The summed E-state index contributed by atoms with van der Waals surface area (Å²) in [6, 6.07) is 2.68. The summed E-state index contributed by atoms with van der Waals surface area (Å²) in [5.41, 5.74) is 0.112. The van der Waals surface area contributed by atoms with Crippen LogP contribution in [0.3, 0.4) is 0 Å². The van der Waals surface area contributed by atoms with Gasteiger partial charge in [0.2, 0.25) is 0 Å². The number of piperidine rings is 1. The Bertz CT molecular complexity index is 509. The van der Waals surface area contributed by atoms with E-state index >= 15 is 0 Å². The fourth-order valence-electron chi connectivity index (χ4n) is 2.45. The van der Waals surface area contributed by atoms with Gasteiger partial charge in [-0.15, -0.1) is 0 Å². The molecule has 1 amide bonds. The van der Waals surface area contributed by atoms with Crippen LogP contribution < -0.4 is 10.6 Å². The molecule has 0 aliphatic carbocycles. The number of nitrogens with zero attached hydrogens (tertiary/aromatic N) is 1.